The van der Waals surface area contributed by atoms with Gasteiger partial charge < -0.3 is 10.2 Å². The molecule has 0 spiro atoms. The molecule has 0 aromatic rings. The van der Waals surface area contributed by atoms with Gasteiger partial charge in [-0.2, -0.15) is 12.6 Å². The molecule has 0 aromatic heterocycles. The Labute approximate surface area is 104 Å². The highest BCUT2D eigenvalue weighted by atomic mass is 32.1. The number of nitrogens with two attached hydrogens (primary N) is 1. The van der Waals surface area contributed by atoms with E-state index in [9.17, 15) is 14.4 Å². The summed E-state index contributed by atoms with van der Waals surface area (Å²) in [6.45, 7) is 0. The molecule has 7 nitrogen and oxygen atoms in total. The highest BCUT2D eigenvalue weighted by Gasteiger charge is 2.25. The molecule has 4 N–H and O–H groups in total. The summed E-state index contributed by atoms with van der Waals surface area (Å²) < 4.78 is 0. The molecule has 0 radical (unpaired) electrons. The normalized spacial score (nSPS) is 11.9. The average molecular weight is 264 g/mol. The molecule has 1 atom stereocenters. The number of hydrogen-bond donors (Lipinski definition) is 4. The molecule has 0 bridgehead atoms. The Balaban J connectivity index is 4.04. The van der Waals surface area contributed by atoms with Gasteiger partial charge in [-0.3, -0.25) is 14.6 Å². The van der Waals surface area contributed by atoms with Gasteiger partial charge in [-0.25, -0.2) is 10.6 Å². The summed E-state index contributed by atoms with van der Waals surface area (Å²) in [4.78, 5) is 32.4. The predicted molar refractivity (Wildman–Crippen MR) is 62.4 cm³/mol. The second kappa shape index (κ2) is 7.91. The van der Waals surface area contributed by atoms with Crippen molar-refractivity contribution >= 4 is 30.5 Å². The van der Waals surface area contributed by atoms with Crippen LogP contribution >= 0.6 is 12.6 Å². The highest BCUT2D eigenvalue weighted by molar-refractivity contribution is 7.80. The van der Waals surface area contributed by atoms with Crippen molar-refractivity contribution in [2.45, 2.75) is 31.7 Å². The monoisotopic (exact) mass is 264 g/mol. The van der Waals surface area contributed by atoms with Crippen LogP contribution in [0.3, 0.4) is 0 Å². The Morgan fingerprint density at radius 3 is 2.12 bits per heavy atom. The summed E-state index contributed by atoms with van der Waals surface area (Å²) in [5.74, 6) is 2.59. The van der Waals surface area contributed by atoms with Gasteiger partial charge in [-0.05, 0) is 12.8 Å². The highest BCUT2D eigenvalue weighted by Crippen LogP contribution is 2.05. The van der Waals surface area contributed by atoms with Gasteiger partial charge in [0, 0.05) is 18.6 Å². The van der Waals surface area contributed by atoms with Crippen LogP contribution < -0.4 is 5.84 Å². The fraction of sp³-hybridized carbons (Fsp3) is 0.667. The van der Waals surface area contributed by atoms with Crippen molar-refractivity contribution in [3.05, 3.63) is 0 Å². The molecule has 0 aliphatic rings. The number of aliphatic carboxylic acids is 2. The fourth-order valence-corrected chi connectivity index (χ4v) is 1.47. The largest absolute Gasteiger partial charge is 0.481 e. The van der Waals surface area contributed by atoms with Crippen molar-refractivity contribution in [1.29, 1.82) is 0 Å². The molecule has 1 amide bonds. The van der Waals surface area contributed by atoms with Gasteiger partial charge in [-0.1, -0.05) is 0 Å². The molecule has 0 saturated heterocycles. The number of carbonyl (C=O) groups is 3. The van der Waals surface area contributed by atoms with Crippen LogP contribution in [0.2, 0.25) is 0 Å². The molecule has 0 aromatic carbocycles. The zero-order chi connectivity index (χ0) is 13.4. The smallest absolute Gasteiger partial charge is 0.328 e. The van der Waals surface area contributed by atoms with Crippen LogP contribution in [0.4, 0.5) is 0 Å². The summed E-state index contributed by atoms with van der Waals surface area (Å²) in [7, 11) is 0. The maximum Gasteiger partial charge on any atom is 0.328 e. The molecule has 0 unspecified atom stereocenters. The van der Waals surface area contributed by atoms with Crippen LogP contribution in [-0.4, -0.2) is 44.9 Å². The number of thiol groups is 1. The zero-order valence-electron chi connectivity index (χ0n) is 9.20. The van der Waals surface area contributed by atoms with Gasteiger partial charge in [0.15, 0.2) is 6.04 Å². The van der Waals surface area contributed by atoms with Crippen LogP contribution in [0.1, 0.15) is 25.7 Å². The van der Waals surface area contributed by atoms with Gasteiger partial charge in [0.05, 0.1) is 0 Å². The predicted octanol–water partition coefficient (Wildman–Crippen LogP) is -0.283. The third kappa shape index (κ3) is 6.12. The standard InChI is InChI=1S/C9H16N2O5S/c10-11(6(5-17)9(15)16)7(12)3-1-2-4-8(13)14/h6,17H,1-5,10H2,(H,13,14)(H,15,16)/t6-/m0/s1. The van der Waals surface area contributed by atoms with Crippen LogP contribution in [-0.2, 0) is 14.4 Å². The molecule has 0 saturated carbocycles. The lowest BCUT2D eigenvalue weighted by Crippen LogP contribution is -2.50. The number of carboxylic acids is 2. The first-order chi connectivity index (χ1) is 7.90. The van der Waals surface area contributed by atoms with Gasteiger partial charge >= 0.3 is 11.9 Å². The third-order valence-corrected chi connectivity index (χ3v) is 2.46. The Morgan fingerprint density at radius 2 is 1.71 bits per heavy atom. The minimum Gasteiger partial charge on any atom is -0.481 e. The van der Waals surface area contributed by atoms with Crippen LogP contribution in [0, 0.1) is 0 Å². The summed E-state index contributed by atoms with van der Waals surface area (Å²) in [6.07, 6.45) is 0.722. The number of amides is 1. The van der Waals surface area contributed by atoms with Crippen molar-refractivity contribution in [2.24, 2.45) is 5.84 Å². The average Bonchev–Trinajstić information content (AvgIpc) is 2.24. The first-order valence-electron chi connectivity index (χ1n) is 5.02. The molecule has 0 aliphatic heterocycles. The van der Waals surface area contributed by atoms with E-state index in [0.29, 0.717) is 17.9 Å². The van der Waals surface area contributed by atoms with E-state index in [0.717, 1.165) is 0 Å². The molecular weight excluding hydrogens is 248 g/mol. The van der Waals surface area contributed by atoms with Crippen molar-refractivity contribution in [1.82, 2.24) is 5.01 Å². The fourth-order valence-electron chi connectivity index (χ4n) is 1.14. The van der Waals surface area contributed by atoms with E-state index in [1.807, 2.05) is 0 Å². The van der Waals surface area contributed by atoms with Crippen molar-refractivity contribution < 1.29 is 24.6 Å². The number of nitrogens with zero attached hydrogens (tertiary/aromatic N) is 1. The summed E-state index contributed by atoms with van der Waals surface area (Å²) in [6, 6.07) is -1.16. The molecule has 0 rings (SSSR count). The van der Waals surface area contributed by atoms with E-state index < -0.39 is 23.9 Å². The summed E-state index contributed by atoms with van der Waals surface area (Å²) in [5, 5.41) is 17.8. The lowest BCUT2D eigenvalue weighted by Gasteiger charge is -2.22. The number of hydrazine groups is 1. The first kappa shape index (κ1) is 15.7. The molecular formula is C9H16N2O5S. The Morgan fingerprint density at radius 1 is 1.18 bits per heavy atom. The molecule has 0 aliphatic carbocycles. The lowest BCUT2D eigenvalue weighted by molar-refractivity contribution is -0.149. The summed E-state index contributed by atoms with van der Waals surface area (Å²) >= 11 is 3.79. The van der Waals surface area contributed by atoms with Crippen LogP contribution in [0.25, 0.3) is 0 Å². The van der Waals surface area contributed by atoms with E-state index in [-0.39, 0.29) is 18.6 Å². The van der Waals surface area contributed by atoms with Gasteiger partial charge in [0.1, 0.15) is 0 Å². The maximum absolute atomic E-state index is 11.4. The molecule has 8 heteroatoms. The van der Waals surface area contributed by atoms with E-state index in [1.165, 1.54) is 0 Å². The number of unbranched alkanes of at least 4 members (excludes halogenated alkanes) is 1. The van der Waals surface area contributed by atoms with Crippen molar-refractivity contribution in [3.63, 3.8) is 0 Å². The molecule has 0 fully saturated rings. The minimum absolute atomic E-state index is 0.0211. The van der Waals surface area contributed by atoms with Crippen LogP contribution in [0.5, 0.6) is 0 Å². The Bertz CT molecular complexity index is 297. The number of carbonyl (C=O) groups excluding carboxylic acids is 1. The van der Waals surface area contributed by atoms with E-state index >= 15 is 0 Å². The molecule has 0 heterocycles. The topological polar surface area (TPSA) is 121 Å². The zero-order valence-corrected chi connectivity index (χ0v) is 10.1. The second-order valence-corrected chi connectivity index (χ2v) is 3.80. The quantitative estimate of drug-likeness (QED) is 0.157. The number of rotatable bonds is 8. The van der Waals surface area contributed by atoms with Crippen molar-refractivity contribution in [2.75, 3.05) is 5.75 Å². The minimum atomic E-state index is -1.22. The van der Waals surface area contributed by atoms with E-state index in [1.54, 1.807) is 0 Å². The molecule has 98 valence electrons. The number of carboxylic acid groups (broad SMARTS) is 2. The SMILES string of the molecule is NN(C(=O)CCCCC(=O)O)[C@@H](CS)C(=O)O. The van der Waals surface area contributed by atoms with E-state index in [2.05, 4.69) is 12.6 Å². The Hall–Kier alpha value is -1.28. The van der Waals surface area contributed by atoms with Crippen LogP contribution in [0.15, 0.2) is 0 Å². The molecule has 17 heavy (non-hydrogen) atoms. The third-order valence-electron chi connectivity index (χ3n) is 2.11. The summed E-state index contributed by atoms with van der Waals surface area (Å²) in [5.41, 5.74) is 0. The Kier molecular flexibility index (Phi) is 7.31. The van der Waals surface area contributed by atoms with Gasteiger partial charge in [0.25, 0.3) is 0 Å². The lowest BCUT2D eigenvalue weighted by atomic mass is 10.2. The van der Waals surface area contributed by atoms with Gasteiger partial charge in [0.2, 0.25) is 5.91 Å². The first-order valence-corrected chi connectivity index (χ1v) is 5.65. The van der Waals surface area contributed by atoms with E-state index in [4.69, 9.17) is 16.1 Å². The van der Waals surface area contributed by atoms with Crippen molar-refractivity contribution in [3.8, 4) is 0 Å². The second-order valence-electron chi connectivity index (χ2n) is 3.44. The number of hydrogen-bond acceptors (Lipinski definition) is 5. The van der Waals surface area contributed by atoms with Gasteiger partial charge in [-0.15, -0.1) is 0 Å². The maximum atomic E-state index is 11.4.